The molecule has 0 aliphatic rings. The van der Waals surface area contributed by atoms with E-state index in [-0.39, 0.29) is 28.9 Å². The SMILES string of the molecule is O=C(NCc1ccc([N+](=O)[O-])cc1)c1cccnc1Cl. The Bertz CT molecular complexity index is 644. The summed E-state index contributed by atoms with van der Waals surface area (Å²) in [4.78, 5) is 25.7. The molecule has 0 unspecified atom stereocenters. The van der Waals surface area contributed by atoms with Gasteiger partial charge >= 0.3 is 0 Å². The van der Waals surface area contributed by atoms with Crippen molar-refractivity contribution in [2.75, 3.05) is 0 Å². The van der Waals surface area contributed by atoms with Gasteiger partial charge in [0.05, 0.1) is 10.5 Å². The summed E-state index contributed by atoms with van der Waals surface area (Å²) in [6, 6.07) is 9.14. The minimum atomic E-state index is -0.474. The minimum Gasteiger partial charge on any atom is -0.348 e. The topological polar surface area (TPSA) is 85.1 Å². The van der Waals surface area contributed by atoms with Gasteiger partial charge in [0, 0.05) is 24.9 Å². The number of non-ortho nitro benzene ring substituents is 1. The summed E-state index contributed by atoms with van der Waals surface area (Å²) in [7, 11) is 0. The standard InChI is InChI=1S/C13H10ClN3O3/c14-12-11(2-1-7-15-12)13(18)16-8-9-3-5-10(6-4-9)17(19)20/h1-7H,8H2,(H,16,18). The number of benzene rings is 1. The highest BCUT2D eigenvalue weighted by Crippen LogP contribution is 2.13. The van der Waals surface area contributed by atoms with Gasteiger partial charge in [-0.15, -0.1) is 0 Å². The molecular formula is C13H10ClN3O3. The van der Waals surface area contributed by atoms with E-state index >= 15 is 0 Å². The molecule has 1 N–H and O–H groups in total. The highest BCUT2D eigenvalue weighted by molar-refractivity contribution is 6.32. The van der Waals surface area contributed by atoms with Crippen molar-refractivity contribution in [2.45, 2.75) is 6.54 Å². The number of rotatable bonds is 4. The number of nitrogens with one attached hydrogen (secondary N) is 1. The van der Waals surface area contributed by atoms with Crippen LogP contribution in [0.4, 0.5) is 5.69 Å². The van der Waals surface area contributed by atoms with Crippen LogP contribution in [-0.2, 0) is 6.54 Å². The number of amides is 1. The molecule has 0 atom stereocenters. The van der Waals surface area contributed by atoms with Crippen LogP contribution >= 0.6 is 11.6 Å². The zero-order valence-corrected chi connectivity index (χ0v) is 11.0. The van der Waals surface area contributed by atoms with Crippen molar-refractivity contribution in [2.24, 2.45) is 0 Å². The first kappa shape index (κ1) is 14.0. The zero-order chi connectivity index (χ0) is 14.5. The first-order chi connectivity index (χ1) is 9.58. The molecule has 1 aromatic carbocycles. The highest BCUT2D eigenvalue weighted by atomic mass is 35.5. The molecule has 0 aliphatic carbocycles. The molecule has 0 aliphatic heterocycles. The van der Waals surface area contributed by atoms with Crippen LogP contribution in [0.2, 0.25) is 5.15 Å². The normalized spacial score (nSPS) is 10.1. The summed E-state index contributed by atoms with van der Waals surface area (Å²) >= 11 is 5.81. The molecule has 0 saturated heterocycles. The van der Waals surface area contributed by atoms with E-state index < -0.39 is 4.92 Å². The molecule has 1 aromatic heterocycles. The number of hydrogen-bond acceptors (Lipinski definition) is 4. The average Bonchev–Trinajstić information content (AvgIpc) is 2.45. The lowest BCUT2D eigenvalue weighted by Crippen LogP contribution is -2.23. The second-order valence-corrected chi connectivity index (χ2v) is 4.31. The summed E-state index contributed by atoms with van der Waals surface area (Å²) in [5.41, 5.74) is 1.05. The van der Waals surface area contributed by atoms with E-state index in [1.165, 1.54) is 18.3 Å². The predicted octanol–water partition coefficient (Wildman–Crippen LogP) is 2.57. The lowest BCUT2D eigenvalue weighted by molar-refractivity contribution is -0.384. The maximum Gasteiger partial charge on any atom is 0.269 e. The van der Waals surface area contributed by atoms with Gasteiger partial charge in [0.1, 0.15) is 5.15 Å². The van der Waals surface area contributed by atoms with Gasteiger partial charge in [0.15, 0.2) is 0 Å². The quantitative estimate of drug-likeness (QED) is 0.533. The van der Waals surface area contributed by atoms with E-state index in [2.05, 4.69) is 10.3 Å². The molecule has 0 spiro atoms. The number of nitrogens with zero attached hydrogens (tertiary/aromatic N) is 2. The fraction of sp³-hybridized carbons (Fsp3) is 0.0769. The molecule has 1 heterocycles. The monoisotopic (exact) mass is 291 g/mol. The third-order valence-corrected chi connectivity index (χ3v) is 2.91. The van der Waals surface area contributed by atoms with E-state index in [4.69, 9.17) is 11.6 Å². The Labute approximate surface area is 119 Å². The smallest absolute Gasteiger partial charge is 0.269 e. The Balaban J connectivity index is 2.00. The van der Waals surface area contributed by atoms with Gasteiger partial charge in [-0.2, -0.15) is 0 Å². The highest BCUT2D eigenvalue weighted by Gasteiger charge is 2.10. The number of aromatic nitrogens is 1. The summed E-state index contributed by atoms with van der Waals surface area (Å²) in [5, 5.41) is 13.3. The van der Waals surface area contributed by atoms with Crippen LogP contribution in [0, 0.1) is 10.1 Å². The lowest BCUT2D eigenvalue weighted by atomic mass is 10.2. The number of pyridine rings is 1. The van der Waals surface area contributed by atoms with Crippen LogP contribution in [0.25, 0.3) is 0 Å². The Kier molecular flexibility index (Phi) is 4.27. The van der Waals surface area contributed by atoms with Crippen LogP contribution in [-0.4, -0.2) is 15.8 Å². The van der Waals surface area contributed by atoms with Gasteiger partial charge in [0.25, 0.3) is 11.6 Å². The summed E-state index contributed by atoms with van der Waals surface area (Å²) in [6.45, 7) is 0.252. The Hall–Kier alpha value is -2.47. The van der Waals surface area contributed by atoms with Crippen LogP contribution < -0.4 is 5.32 Å². The van der Waals surface area contributed by atoms with E-state index in [0.717, 1.165) is 5.56 Å². The van der Waals surface area contributed by atoms with Crippen molar-refractivity contribution in [1.29, 1.82) is 0 Å². The number of halogens is 1. The number of hydrogen-bond donors (Lipinski definition) is 1. The number of nitro groups is 1. The Morgan fingerprint density at radius 1 is 1.30 bits per heavy atom. The second-order valence-electron chi connectivity index (χ2n) is 3.95. The molecule has 0 bridgehead atoms. The van der Waals surface area contributed by atoms with E-state index in [1.807, 2.05) is 0 Å². The number of nitro benzene ring substituents is 1. The zero-order valence-electron chi connectivity index (χ0n) is 10.2. The molecule has 0 radical (unpaired) electrons. The molecule has 2 aromatic rings. The summed E-state index contributed by atoms with van der Waals surface area (Å²) < 4.78 is 0. The van der Waals surface area contributed by atoms with Crippen LogP contribution in [0.15, 0.2) is 42.6 Å². The van der Waals surface area contributed by atoms with Gasteiger partial charge in [0.2, 0.25) is 0 Å². The minimum absolute atomic E-state index is 0.00961. The van der Waals surface area contributed by atoms with Crippen LogP contribution in [0.1, 0.15) is 15.9 Å². The molecule has 102 valence electrons. The van der Waals surface area contributed by atoms with E-state index in [0.29, 0.717) is 0 Å². The molecule has 7 heteroatoms. The van der Waals surface area contributed by atoms with Crippen molar-refractivity contribution in [3.8, 4) is 0 Å². The van der Waals surface area contributed by atoms with Gasteiger partial charge in [-0.25, -0.2) is 4.98 Å². The van der Waals surface area contributed by atoms with Gasteiger partial charge in [-0.1, -0.05) is 23.7 Å². The number of carbonyl (C=O) groups excluding carboxylic acids is 1. The number of carbonyl (C=O) groups is 1. The third-order valence-electron chi connectivity index (χ3n) is 2.60. The third kappa shape index (κ3) is 3.30. The summed E-state index contributed by atoms with van der Waals surface area (Å²) in [5.74, 6) is -0.346. The van der Waals surface area contributed by atoms with Crippen molar-refractivity contribution in [3.63, 3.8) is 0 Å². The molecule has 0 saturated carbocycles. The van der Waals surface area contributed by atoms with Crippen molar-refractivity contribution >= 4 is 23.2 Å². The Morgan fingerprint density at radius 3 is 2.60 bits per heavy atom. The van der Waals surface area contributed by atoms with Crippen LogP contribution in [0.5, 0.6) is 0 Å². The van der Waals surface area contributed by atoms with Gasteiger partial charge < -0.3 is 5.32 Å². The maximum atomic E-state index is 11.9. The van der Waals surface area contributed by atoms with Gasteiger partial charge in [-0.3, -0.25) is 14.9 Å². The average molecular weight is 292 g/mol. The van der Waals surface area contributed by atoms with E-state index in [1.54, 1.807) is 24.3 Å². The van der Waals surface area contributed by atoms with Gasteiger partial charge in [-0.05, 0) is 17.7 Å². The molecule has 20 heavy (non-hydrogen) atoms. The largest absolute Gasteiger partial charge is 0.348 e. The molecule has 0 fully saturated rings. The lowest BCUT2D eigenvalue weighted by Gasteiger charge is -2.06. The van der Waals surface area contributed by atoms with Crippen molar-refractivity contribution in [1.82, 2.24) is 10.3 Å². The maximum absolute atomic E-state index is 11.9. The van der Waals surface area contributed by atoms with E-state index in [9.17, 15) is 14.9 Å². The van der Waals surface area contributed by atoms with Crippen molar-refractivity contribution in [3.05, 3.63) is 69.0 Å². The fourth-order valence-corrected chi connectivity index (χ4v) is 1.77. The fourth-order valence-electron chi connectivity index (χ4n) is 1.57. The predicted molar refractivity (Wildman–Crippen MR) is 73.5 cm³/mol. The first-order valence-electron chi connectivity index (χ1n) is 5.70. The summed E-state index contributed by atoms with van der Waals surface area (Å²) in [6.07, 6.45) is 1.50. The molecule has 1 amide bonds. The van der Waals surface area contributed by atoms with Crippen LogP contribution in [0.3, 0.4) is 0 Å². The molecule has 6 nitrogen and oxygen atoms in total. The second kappa shape index (κ2) is 6.12. The molecule has 2 rings (SSSR count). The first-order valence-corrected chi connectivity index (χ1v) is 6.08. The molecular weight excluding hydrogens is 282 g/mol. The van der Waals surface area contributed by atoms with Crippen molar-refractivity contribution < 1.29 is 9.72 Å². The Morgan fingerprint density at radius 2 is 2.00 bits per heavy atom.